The topological polar surface area (TPSA) is 52.2 Å². The van der Waals surface area contributed by atoms with E-state index >= 15 is 0 Å². The second-order valence-corrected chi connectivity index (χ2v) is 8.05. The van der Waals surface area contributed by atoms with E-state index in [1.54, 1.807) is 28.4 Å². The van der Waals surface area contributed by atoms with E-state index in [1.807, 2.05) is 48.5 Å². The highest BCUT2D eigenvalue weighted by Gasteiger charge is 2.14. The first-order valence-corrected chi connectivity index (χ1v) is 10.9. The van der Waals surface area contributed by atoms with E-state index in [0.29, 0.717) is 11.5 Å². The van der Waals surface area contributed by atoms with Gasteiger partial charge in [0.25, 0.3) is 5.56 Å². The Labute approximate surface area is 178 Å². The van der Waals surface area contributed by atoms with Crippen LogP contribution in [-0.4, -0.2) is 18.9 Å². The van der Waals surface area contributed by atoms with E-state index in [0.717, 1.165) is 34.7 Å². The molecule has 0 spiro atoms. The van der Waals surface area contributed by atoms with Gasteiger partial charge in [-0.1, -0.05) is 48.5 Å². The van der Waals surface area contributed by atoms with E-state index in [4.69, 9.17) is 4.98 Å². The van der Waals surface area contributed by atoms with Crippen LogP contribution < -0.4 is 5.56 Å². The molecule has 3 aromatic heterocycles. The van der Waals surface area contributed by atoms with Crippen LogP contribution in [0.1, 0.15) is 11.3 Å². The molecule has 5 rings (SSSR count). The fourth-order valence-electron chi connectivity index (χ4n) is 3.65. The summed E-state index contributed by atoms with van der Waals surface area (Å²) < 4.78 is 3.89. The Bertz CT molecular complexity index is 1360. The van der Waals surface area contributed by atoms with Crippen LogP contribution in [0.15, 0.2) is 94.9 Å². The normalized spacial score (nSPS) is 11.3. The minimum Gasteiger partial charge on any atom is -0.314 e. The van der Waals surface area contributed by atoms with Gasteiger partial charge in [-0.3, -0.25) is 4.79 Å². The molecule has 0 N–H and O–H groups in total. The molecule has 0 fully saturated rings. The zero-order chi connectivity index (χ0) is 20.3. The summed E-state index contributed by atoms with van der Waals surface area (Å²) in [6.07, 6.45) is 2.65. The maximum absolute atomic E-state index is 13.0. The summed E-state index contributed by atoms with van der Waals surface area (Å²) >= 11 is 1.63. The van der Waals surface area contributed by atoms with Gasteiger partial charge in [0.1, 0.15) is 0 Å². The molecule has 0 saturated carbocycles. The summed E-state index contributed by atoms with van der Waals surface area (Å²) in [7, 11) is 0. The molecule has 0 atom stereocenters. The molecular weight excluding hydrogens is 392 g/mol. The third-order valence-corrected chi connectivity index (χ3v) is 6.09. The fraction of sp³-hybridized carbons (Fsp3) is 0.125. The zero-order valence-electron chi connectivity index (χ0n) is 16.3. The van der Waals surface area contributed by atoms with Gasteiger partial charge < -0.3 is 4.57 Å². The van der Waals surface area contributed by atoms with Crippen molar-refractivity contribution in [3.05, 3.63) is 107 Å². The van der Waals surface area contributed by atoms with Crippen LogP contribution in [0.3, 0.4) is 0 Å². The molecule has 0 amide bonds. The van der Waals surface area contributed by atoms with Gasteiger partial charge in [-0.05, 0) is 36.2 Å². The minimum absolute atomic E-state index is 0.0497. The lowest BCUT2D eigenvalue weighted by Crippen LogP contribution is -2.21. The molecule has 30 heavy (non-hydrogen) atoms. The number of rotatable bonds is 6. The summed E-state index contributed by atoms with van der Waals surface area (Å²) in [5.74, 6) is 1.34. The van der Waals surface area contributed by atoms with Gasteiger partial charge >= 0.3 is 0 Å². The van der Waals surface area contributed by atoms with Crippen molar-refractivity contribution in [2.75, 3.05) is 0 Å². The molecule has 0 aliphatic carbocycles. The number of thioether (sulfide) groups is 1. The Morgan fingerprint density at radius 2 is 1.70 bits per heavy atom. The van der Waals surface area contributed by atoms with Gasteiger partial charge in [0, 0.05) is 30.3 Å². The standard InChI is InChI=1S/C24H20N4OS/c29-23-16-19(17-30-22-12-6-7-14-25-22)27(15-13-18-8-2-1-3-9-18)24-26-20-10-4-5-11-21(20)28(23)24/h1-12,14,16H,13,15,17H2. The molecule has 2 aromatic carbocycles. The third kappa shape index (κ3) is 3.62. The van der Waals surface area contributed by atoms with Crippen molar-refractivity contribution < 1.29 is 0 Å². The number of fused-ring (bicyclic) bond motifs is 3. The first-order chi connectivity index (χ1) is 14.8. The lowest BCUT2D eigenvalue weighted by Gasteiger charge is -2.15. The Kier molecular flexibility index (Phi) is 5.07. The van der Waals surface area contributed by atoms with Crippen molar-refractivity contribution in [2.24, 2.45) is 0 Å². The number of hydrogen-bond donors (Lipinski definition) is 0. The Hall–Kier alpha value is -3.38. The third-order valence-electron chi connectivity index (χ3n) is 5.11. The van der Waals surface area contributed by atoms with Gasteiger partial charge in [-0.15, -0.1) is 11.8 Å². The number of imidazole rings is 1. The fourth-order valence-corrected chi connectivity index (χ4v) is 4.50. The summed E-state index contributed by atoms with van der Waals surface area (Å²) in [5.41, 5.74) is 3.84. The molecule has 0 unspecified atom stereocenters. The highest BCUT2D eigenvalue weighted by molar-refractivity contribution is 7.98. The maximum atomic E-state index is 13.0. The average Bonchev–Trinajstić information content (AvgIpc) is 3.19. The molecule has 5 aromatic rings. The van der Waals surface area contributed by atoms with Gasteiger partial charge in [0.2, 0.25) is 5.78 Å². The quantitative estimate of drug-likeness (QED) is 0.383. The molecule has 0 aliphatic rings. The summed E-state index contributed by atoms with van der Waals surface area (Å²) in [6, 6.07) is 25.8. The smallest absolute Gasteiger partial charge is 0.259 e. The molecule has 0 bridgehead atoms. The summed E-state index contributed by atoms with van der Waals surface area (Å²) in [4.78, 5) is 22.2. The van der Waals surface area contributed by atoms with Crippen LogP contribution in [0.2, 0.25) is 0 Å². The second kappa shape index (κ2) is 8.16. The van der Waals surface area contributed by atoms with Crippen molar-refractivity contribution in [1.29, 1.82) is 0 Å². The van der Waals surface area contributed by atoms with Crippen LogP contribution >= 0.6 is 11.8 Å². The van der Waals surface area contributed by atoms with E-state index < -0.39 is 0 Å². The van der Waals surface area contributed by atoms with E-state index in [-0.39, 0.29) is 5.56 Å². The number of hydrogen-bond acceptors (Lipinski definition) is 4. The average molecular weight is 413 g/mol. The molecule has 3 heterocycles. The summed E-state index contributed by atoms with van der Waals surface area (Å²) in [5, 5.41) is 0.938. The number of aryl methyl sites for hydroxylation is 2. The van der Waals surface area contributed by atoms with E-state index in [2.05, 4.69) is 33.8 Å². The molecule has 0 aliphatic heterocycles. The van der Waals surface area contributed by atoms with Crippen LogP contribution in [-0.2, 0) is 18.7 Å². The van der Waals surface area contributed by atoms with Gasteiger partial charge in [-0.2, -0.15) is 0 Å². The van der Waals surface area contributed by atoms with Gasteiger partial charge in [0.15, 0.2) is 0 Å². The highest BCUT2D eigenvalue weighted by atomic mass is 32.2. The van der Waals surface area contributed by atoms with Gasteiger partial charge in [-0.25, -0.2) is 14.4 Å². The van der Waals surface area contributed by atoms with Crippen molar-refractivity contribution in [3.63, 3.8) is 0 Å². The number of pyridine rings is 1. The SMILES string of the molecule is O=c1cc(CSc2ccccn2)n(CCc2ccccc2)c2nc3ccccc3n12. The van der Waals surface area contributed by atoms with Crippen molar-refractivity contribution in [1.82, 2.24) is 18.9 Å². The van der Waals surface area contributed by atoms with Crippen LogP contribution in [0.4, 0.5) is 0 Å². The second-order valence-electron chi connectivity index (χ2n) is 7.05. The van der Waals surface area contributed by atoms with Crippen LogP contribution in [0.5, 0.6) is 0 Å². The lowest BCUT2D eigenvalue weighted by atomic mass is 10.1. The number of para-hydroxylation sites is 2. The Balaban J connectivity index is 1.59. The monoisotopic (exact) mass is 412 g/mol. The number of aromatic nitrogens is 4. The highest BCUT2D eigenvalue weighted by Crippen LogP contribution is 2.22. The predicted molar refractivity (Wildman–Crippen MR) is 121 cm³/mol. The molecule has 5 nitrogen and oxygen atoms in total. The number of nitrogens with zero attached hydrogens (tertiary/aromatic N) is 4. The molecular formula is C24H20N4OS. The van der Waals surface area contributed by atoms with Crippen molar-refractivity contribution in [2.45, 2.75) is 23.7 Å². The van der Waals surface area contributed by atoms with Gasteiger partial charge in [0.05, 0.1) is 16.1 Å². The predicted octanol–water partition coefficient (Wildman–Crippen LogP) is 4.58. The number of benzene rings is 2. The first-order valence-electron chi connectivity index (χ1n) is 9.87. The van der Waals surface area contributed by atoms with Crippen molar-refractivity contribution in [3.8, 4) is 0 Å². The Morgan fingerprint density at radius 3 is 2.53 bits per heavy atom. The van der Waals surface area contributed by atoms with E-state index in [1.165, 1.54) is 5.56 Å². The Morgan fingerprint density at radius 1 is 0.900 bits per heavy atom. The molecule has 0 saturated heterocycles. The van der Waals surface area contributed by atoms with Crippen LogP contribution in [0, 0.1) is 0 Å². The molecule has 0 radical (unpaired) electrons. The lowest BCUT2D eigenvalue weighted by molar-refractivity contribution is 0.668. The first kappa shape index (κ1) is 18.6. The molecule has 148 valence electrons. The largest absolute Gasteiger partial charge is 0.314 e. The zero-order valence-corrected chi connectivity index (χ0v) is 17.1. The minimum atomic E-state index is -0.0497. The van der Waals surface area contributed by atoms with E-state index in [9.17, 15) is 4.79 Å². The molecule has 6 heteroatoms. The van der Waals surface area contributed by atoms with Crippen LogP contribution in [0.25, 0.3) is 16.8 Å². The van der Waals surface area contributed by atoms with Crippen molar-refractivity contribution >= 4 is 28.6 Å². The maximum Gasteiger partial charge on any atom is 0.259 e. The summed E-state index contributed by atoms with van der Waals surface area (Å²) in [6.45, 7) is 0.745.